The number of aromatic nitrogens is 2. The SMILES string of the molecule is CC[C@@]1(O)C(=O)OCc2c1cc1n(c2=O)Cc2c-1nc1cc(F)c(C)c3c1c2C(NC(=O)COCNC(=O)CNC(=O)COCNC(=O)CNC(=O)COCNC(=O)CN)CC3. The maximum absolute atomic E-state index is 15.2. The van der Waals surface area contributed by atoms with Gasteiger partial charge in [0.05, 0.1) is 54.7 Å². The fourth-order valence-corrected chi connectivity index (χ4v) is 7.42. The van der Waals surface area contributed by atoms with E-state index >= 15 is 4.39 Å². The van der Waals surface area contributed by atoms with E-state index in [1.165, 1.54) is 10.6 Å². The molecule has 3 aromatic rings. The Balaban J connectivity index is 0.968. The van der Waals surface area contributed by atoms with Crippen LogP contribution in [0.3, 0.4) is 0 Å². The molecule has 4 heterocycles. The molecule has 3 aliphatic rings. The van der Waals surface area contributed by atoms with E-state index < -0.39 is 97.3 Å². The maximum atomic E-state index is 15.2. The summed E-state index contributed by atoms with van der Waals surface area (Å²) in [4.78, 5) is 103. The number of pyridine rings is 2. The Morgan fingerprint density at radius 2 is 1.47 bits per heavy atom. The number of nitrogens with zero attached hydrogens (tertiary/aromatic N) is 2. The van der Waals surface area contributed by atoms with Gasteiger partial charge in [-0.15, -0.1) is 0 Å². The lowest BCUT2D eigenvalue weighted by molar-refractivity contribution is -0.172. The molecule has 2 atom stereocenters. The summed E-state index contributed by atoms with van der Waals surface area (Å²) < 4.78 is 37.2. The zero-order valence-electron chi connectivity index (χ0n) is 33.8. The van der Waals surface area contributed by atoms with Gasteiger partial charge in [-0.2, -0.15) is 0 Å². The van der Waals surface area contributed by atoms with E-state index in [1.54, 1.807) is 19.9 Å². The first kappa shape index (κ1) is 45.1. The van der Waals surface area contributed by atoms with Gasteiger partial charge in [-0.25, -0.2) is 14.2 Å². The van der Waals surface area contributed by atoms with Crippen LogP contribution < -0.4 is 43.2 Å². The van der Waals surface area contributed by atoms with Crippen molar-refractivity contribution >= 4 is 52.3 Å². The number of ether oxygens (including phenoxy) is 4. The number of halogens is 1. The van der Waals surface area contributed by atoms with Crippen LogP contribution in [-0.2, 0) is 77.7 Å². The lowest BCUT2D eigenvalue weighted by Gasteiger charge is -2.31. The number of esters is 1. The Morgan fingerprint density at radius 1 is 0.871 bits per heavy atom. The standard InChI is InChI=1S/C39H46FN9O13/c1-3-39(58)23-6-27-36-21(11-49(27)37(56)22(23)12-62-38(39)57)35-25(5-4-20-19(2)24(40)7-26(48-36)34(20)35)47-33(55)15-61-18-46-30(52)10-43-32(54)14-60-17-45-29(51)9-42-31(53)13-59-16-44-28(50)8-41/h6-7,25,58H,3-5,8-18,41H2,1-2H3,(H,42,53)(H,43,54)(H,44,50)(H,45,51)(H,46,52)(H,47,55)/t25?,39-/m0/s1. The Kier molecular flexibility index (Phi) is 14.2. The highest BCUT2D eigenvalue weighted by Gasteiger charge is 2.46. The van der Waals surface area contributed by atoms with E-state index in [2.05, 4.69) is 31.9 Å². The highest BCUT2D eigenvalue weighted by molar-refractivity contribution is 5.94. The zero-order valence-corrected chi connectivity index (χ0v) is 33.8. The molecule has 0 radical (unpaired) electrons. The first-order chi connectivity index (χ1) is 29.7. The van der Waals surface area contributed by atoms with Crippen molar-refractivity contribution in [2.45, 2.75) is 57.9 Å². The molecule has 2 aliphatic heterocycles. The van der Waals surface area contributed by atoms with Crippen LogP contribution in [0.2, 0.25) is 0 Å². The number of fused-ring (bicyclic) bond motifs is 5. The number of amides is 6. The largest absolute Gasteiger partial charge is 0.458 e. The van der Waals surface area contributed by atoms with Crippen LogP contribution in [0, 0.1) is 12.7 Å². The van der Waals surface area contributed by atoms with Crippen molar-refractivity contribution < 1.29 is 62.0 Å². The number of carbonyl (C=O) groups is 7. The van der Waals surface area contributed by atoms with E-state index in [-0.39, 0.29) is 57.4 Å². The van der Waals surface area contributed by atoms with Crippen LogP contribution in [-0.4, -0.2) is 116 Å². The van der Waals surface area contributed by atoms with E-state index in [1.807, 2.05) is 0 Å². The van der Waals surface area contributed by atoms with Crippen molar-refractivity contribution in [3.8, 4) is 11.4 Å². The molecule has 22 nitrogen and oxygen atoms in total. The van der Waals surface area contributed by atoms with Gasteiger partial charge in [-0.1, -0.05) is 6.92 Å². The molecule has 6 rings (SSSR count). The maximum Gasteiger partial charge on any atom is 0.343 e. The highest BCUT2D eigenvalue weighted by atomic mass is 19.1. The zero-order chi connectivity index (χ0) is 44.7. The number of hydrogen-bond donors (Lipinski definition) is 8. The van der Waals surface area contributed by atoms with Crippen LogP contribution in [0.5, 0.6) is 0 Å². The van der Waals surface area contributed by atoms with Crippen LogP contribution in [0.25, 0.3) is 22.3 Å². The molecule has 1 aliphatic carbocycles. The molecule has 0 fully saturated rings. The molecule has 6 amide bonds. The van der Waals surface area contributed by atoms with Crippen molar-refractivity contribution in [1.29, 1.82) is 0 Å². The summed E-state index contributed by atoms with van der Waals surface area (Å²) in [5.41, 5.74) is 6.39. The number of nitrogens with one attached hydrogen (secondary N) is 6. The van der Waals surface area contributed by atoms with Gasteiger partial charge in [0.1, 0.15) is 52.4 Å². The topological polar surface area (TPSA) is 310 Å². The summed E-state index contributed by atoms with van der Waals surface area (Å²) in [5, 5.41) is 26.5. The predicted octanol–water partition coefficient (Wildman–Crippen LogP) is -2.91. The van der Waals surface area contributed by atoms with Gasteiger partial charge < -0.3 is 66.3 Å². The summed E-state index contributed by atoms with van der Waals surface area (Å²) >= 11 is 0. The number of aliphatic hydroxyl groups is 1. The average Bonchev–Trinajstić information content (AvgIpc) is 3.63. The van der Waals surface area contributed by atoms with Crippen LogP contribution in [0.15, 0.2) is 16.9 Å². The van der Waals surface area contributed by atoms with Crippen LogP contribution in [0.1, 0.15) is 59.2 Å². The van der Waals surface area contributed by atoms with Gasteiger partial charge in [-0.05, 0) is 48.9 Å². The third-order valence-corrected chi connectivity index (χ3v) is 10.6. The minimum atomic E-state index is -2.04. The summed E-state index contributed by atoms with van der Waals surface area (Å²) in [6.07, 6.45) is 0.763. The van der Waals surface area contributed by atoms with Gasteiger partial charge in [0.2, 0.25) is 35.4 Å². The monoisotopic (exact) mass is 867 g/mol. The Hall–Kier alpha value is -6.40. The average molecular weight is 868 g/mol. The smallest absolute Gasteiger partial charge is 0.343 e. The second-order valence-electron chi connectivity index (χ2n) is 14.5. The molecule has 332 valence electrons. The van der Waals surface area contributed by atoms with E-state index in [0.29, 0.717) is 51.8 Å². The third kappa shape index (κ3) is 9.71. The molecular formula is C39H46FN9O13. The second-order valence-corrected chi connectivity index (χ2v) is 14.5. The lowest BCUT2D eigenvalue weighted by Crippen LogP contribution is -2.44. The molecule has 0 bridgehead atoms. The van der Waals surface area contributed by atoms with E-state index in [4.69, 9.17) is 29.7 Å². The van der Waals surface area contributed by atoms with Crippen molar-refractivity contribution in [1.82, 2.24) is 41.5 Å². The molecule has 1 aromatic carbocycles. The van der Waals surface area contributed by atoms with E-state index in [9.17, 15) is 43.5 Å². The second kappa shape index (κ2) is 19.5. The Bertz CT molecular complexity index is 2390. The van der Waals surface area contributed by atoms with Gasteiger partial charge in [0.25, 0.3) is 5.56 Å². The van der Waals surface area contributed by atoms with Crippen molar-refractivity contribution in [3.05, 3.63) is 61.7 Å². The van der Waals surface area contributed by atoms with Crippen molar-refractivity contribution in [3.63, 3.8) is 0 Å². The van der Waals surface area contributed by atoms with Gasteiger partial charge >= 0.3 is 5.97 Å². The minimum Gasteiger partial charge on any atom is -0.458 e. The summed E-state index contributed by atoms with van der Waals surface area (Å²) in [6, 6.07) is 2.27. The number of cyclic esters (lactones) is 1. The number of aryl methyl sites for hydroxylation is 1. The molecule has 0 saturated heterocycles. The Morgan fingerprint density at radius 3 is 2.06 bits per heavy atom. The summed E-state index contributed by atoms with van der Waals surface area (Å²) in [6.45, 7) is -0.413. The molecule has 2 aromatic heterocycles. The highest BCUT2D eigenvalue weighted by Crippen LogP contribution is 2.46. The lowest BCUT2D eigenvalue weighted by atomic mass is 9.81. The first-order valence-corrected chi connectivity index (χ1v) is 19.5. The van der Waals surface area contributed by atoms with Crippen molar-refractivity contribution in [2.75, 3.05) is 59.6 Å². The fraction of sp³-hybridized carbons (Fsp3) is 0.462. The number of carbonyl (C=O) groups excluding carboxylic acids is 7. The fourth-order valence-electron chi connectivity index (χ4n) is 7.42. The van der Waals surface area contributed by atoms with E-state index in [0.717, 1.165) is 5.56 Å². The molecule has 9 N–H and O–H groups in total. The number of rotatable bonds is 19. The summed E-state index contributed by atoms with van der Waals surface area (Å²) in [7, 11) is 0. The first-order valence-electron chi connectivity index (χ1n) is 19.5. The van der Waals surface area contributed by atoms with Crippen LogP contribution >= 0.6 is 0 Å². The summed E-state index contributed by atoms with van der Waals surface area (Å²) in [5.74, 6) is -4.87. The number of hydrogen-bond acceptors (Lipinski definition) is 15. The predicted molar refractivity (Wildman–Crippen MR) is 210 cm³/mol. The number of benzene rings is 1. The third-order valence-electron chi connectivity index (χ3n) is 10.6. The van der Waals surface area contributed by atoms with Gasteiger partial charge in [-0.3, -0.25) is 33.6 Å². The molecule has 62 heavy (non-hydrogen) atoms. The molecule has 0 saturated carbocycles. The molecular weight excluding hydrogens is 821 g/mol. The normalized spacial score (nSPS) is 16.9. The van der Waals surface area contributed by atoms with Gasteiger partial charge in [0.15, 0.2) is 5.60 Å². The molecule has 0 spiro atoms. The van der Waals surface area contributed by atoms with Crippen LogP contribution in [0.4, 0.5) is 4.39 Å². The van der Waals surface area contributed by atoms with Gasteiger partial charge in [0, 0.05) is 22.6 Å². The number of nitrogens with two attached hydrogens (primary N) is 1. The van der Waals surface area contributed by atoms with Crippen molar-refractivity contribution in [2.24, 2.45) is 5.73 Å². The minimum absolute atomic E-state index is 0.0397. The Labute approximate surface area is 351 Å². The quantitative estimate of drug-likeness (QED) is 0.0266. The molecule has 1 unspecified atom stereocenters. The molecule has 23 heteroatoms.